The van der Waals surface area contributed by atoms with E-state index in [4.69, 9.17) is 4.74 Å². The first kappa shape index (κ1) is 22.1. The lowest BCUT2D eigenvalue weighted by molar-refractivity contribution is -0.115. The van der Waals surface area contributed by atoms with Crippen LogP contribution in [0.15, 0.2) is 46.5 Å². The van der Waals surface area contributed by atoms with Gasteiger partial charge < -0.3 is 15.0 Å². The molecule has 3 aromatic rings. The number of methoxy groups -OCH3 is 1. The third-order valence-corrected chi connectivity index (χ3v) is 7.37. The Hall–Kier alpha value is -2.56. The molecular weight excluding hydrogens is 424 g/mol. The van der Waals surface area contributed by atoms with Gasteiger partial charge in [0, 0.05) is 25.8 Å². The number of aryl methyl sites for hydroxylation is 1. The van der Waals surface area contributed by atoms with Crippen LogP contribution in [-0.2, 0) is 14.8 Å². The normalized spacial score (nSPS) is 12.9. The number of ether oxygens (including phenoxy) is 1. The zero-order valence-electron chi connectivity index (χ0n) is 17.4. The summed E-state index contributed by atoms with van der Waals surface area (Å²) in [6.07, 6.45) is 0. The fourth-order valence-electron chi connectivity index (χ4n) is 2.71. The van der Waals surface area contributed by atoms with E-state index in [0.29, 0.717) is 10.8 Å². The van der Waals surface area contributed by atoms with Gasteiger partial charge in [-0.1, -0.05) is 17.8 Å². The number of hydrogen-bond acceptors (Lipinski definition) is 6. The zero-order valence-corrected chi connectivity index (χ0v) is 19.0. The Kier molecular flexibility index (Phi) is 6.39. The first-order valence-electron chi connectivity index (χ1n) is 9.16. The molecule has 0 unspecified atom stereocenters. The van der Waals surface area contributed by atoms with Gasteiger partial charge in [-0.25, -0.2) is 17.7 Å². The van der Waals surface area contributed by atoms with Crippen LogP contribution in [-0.4, -0.2) is 55.1 Å². The summed E-state index contributed by atoms with van der Waals surface area (Å²) in [6.45, 7) is 3.58. The molecule has 10 heteroatoms. The maximum Gasteiger partial charge on any atom is 0.242 e. The Labute approximate surface area is 180 Å². The van der Waals surface area contributed by atoms with Crippen molar-refractivity contribution in [1.29, 1.82) is 0 Å². The molecule has 8 nitrogen and oxygen atoms in total. The number of rotatable bonds is 7. The highest BCUT2D eigenvalue weighted by Gasteiger charge is 2.21. The third-order valence-electron chi connectivity index (χ3n) is 4.57. The summed E-state index contributed by atoms with van der Waals surface area (Å²) in [6, 6.07) is 10.2. The second-order valence-corrected chi connectivity index (χ2v) is 10.4. The molecule has 30 heavy (non-hydrogen) atoms. The third kappa shape index (κ3) is 4.61. The second kappa shape index (κ2) is 8.66. The Morgan fingerprint density at radius 3 is 2.63 bits per heavy atom. The number of thioether (sulfide) groups is 1. The summed E-state index contributed by atoms with van der Waals surface area (Å²) in [5.74, 6) is 0.470. The number of nitrogens with one attached hydrogen (secondary N) is 2. The monoisotopic (exact) mass is 448 g/mol. The van der Waals surface area contributed by atoms with Gasteiger partial charge in [-0.2, -0.15) is 0 Å². The van der Waals surface area contributed by atoms with Crippen LogP contribution in [0.4, 0.5) is 5.69 Å². The average molecular weight is 449 g/mol. The number of aromatic nitrogens is 2. The number of benzene rings is 2. The molecule has 160 valence electrons. The van der Waals surface area contributed by atoms with Crippen LogP contribution in [0, 0.1) is 6.92 Å². The lowest BCUT2D eigenvalue weighted by Gasteiger charge is -2.16. The van der Waals surface area contributed by atoms with E-state index in [1.54, 1.807) is 20.1 Å². The first-order chi connectivity index (χ1) is 14.1. The van der Waals surface area contributed by atoms with Crippen LogP contribution in [0.5, 0.6) is 5.75 Å². The standard InChI is InChI=1S/C20H24N4O4S2/c1-12-6-8-15(30(26,27)24(3)4)11-17(12)21-19(25)13(2)29-20-22-16-9-7-14(28-5)10-18(16)23-20/h6-11,13H,1-5H3,(H,21,25)(H,22,23)/t13-/m0/s1. The van der Waals surface area contributed by atoms with E-state index in [-0.39, 0.29) is 10.8 Å². The highest BCUT2D eigenvalue weighted by molar-refractivity contribution is 8.00. The van der Waals surface area contributed by atoms with Crippen molar-refractivity contribution < 1.29 is 17.9 Å². The molecule has 0 saturated heterocycles. The zero-order chi connectivity index (χ0) is 22.1. The number of anilines is 1. The summed E-state index contributed by atoms with van der Waals surface area (Å²) in [4.78, 5) is 20.5. The van der Waals surface area contributed by atoms with Crippen molar-refractivity contribution in [2.75, 3.05) is 26.5 Å². The number of H-pyrrole nitrogens is 1. The SMILES string of the molecule is COc1ccc2nc(S[C@@H](C)C(=O)Nc3cc(S(=O)(=O)N(C)C)ccc3C)[nH]c2c1. The van der Waals surface area contributed by atoms with Crippen molar-refractivity contribution in [1.82, 2.24) is 14.3 Å². The van der Waals surface area contributed by atoms with E-state index in [1.807, 2.05) is 25.1 Å². The quantitative estimate of drug-likeness (QED) is 0.538. The Balaban J connectivity index is 1.76. The van der Waals surface area contributed by atoms with Crippen LogP contribution >= 0.6 is 11.8 Å². The molecule has 0 aliphatic rings. The molecule has 1 amide bonds. The minimum Gasteiger partial charge on any atom is -0.497 e. The van der Waals surface area contributed by atoms with Crippen LogP contribution < -0.4 is 10.1 Å². The van der Waals surface area contributed by atoms with Crippen molar-refractivity contribution in [3.63, 3.8) is 0 Å². The number of imidazole rings is 1. The number of hydrogen-bond donors (Lipinski definition) is 2. The van der Waals surface area contributed by atoms with E-state index < -0.39 is 15.3 Å². The predicted molar refractivity (Wildman–Crippen MR) is 119 cm³/mol. The molecule has 1 heterocycles. The van der Waals surface area contributed by atoms with E-state index in [2.05, 4.69) is 15.3 Å². The molecule has 3 rings (SSSR count). The molecule has 0 aliphatic heterocycles. The number of carbonyl (C=O) groups excluding carboxylic acids is 1. The fourth-order valence-corrected chi connectivity index (χ4v) is 4.46. The molecule has 2 N–H and O–H groups in total. The number of sulfonamides is 1. The highest BCUT2D eigenvalue weighted by Crippen LogP contribution is 2.27. The van der Waals surface area contributed by atoms with Gasteiger partial charge in [-0.05, 0) is 43.7 Å². The molecule has 0 saturated carbocycles. The summed E-state index contributed by atoms with van der Waals surface area (Å²) in [5.41, 5.74) is 2.84. The molecule has 0 aliphatic carbocycles. The highest BCUT2D eigenvalue weighted by atomic mass is 32.2. The summed E-state index contributed by atoms with van der Waals surface area (Å²) in [7, 11) is 0.943. The second-order valence-electron chi connectivity index (χ2n) is 6.94. The molecule has 1 atom stereocenters. The lowest BCUT2D eigenvalue weighted by atomic mass is 10.2. The Morgan fingerprint density at radius 2 is 1.97 bits per heavy atom. The van der Waals surface area contributed by atoms with Crippen molar-refractivity contribution in [3.05, 3.63) is 42.0 Å². The van der Waals surface area contributed by atoms with Gasteiger partial charge in [-0.3, -0.25) is 4.79 Å². The summed E-state index contributed by atoms with van der Waals surface area (Å²) >= 11 is 1.28. The molecule has 0 spiro atoms. The van der Waals surface area contributed by atoms with E-state index in [0.717, 1.165) is 26.7 Å². The molecule has 0 fully saturated rings. The van der Waals surface area contributed by atoms with Gasteiger partial charge in [0.2, 0.25) is 15.9 Å². The molecule has 0 radical (unpaired) electrons. The maximum atomic E-state index is 12.7. The average Bonchev–Trinajstić information content (AvgIpc) is 3.10. The topological polar surface area (TPSA) is 104 Å². The molecule has 0 bridgehead atoms. The van der Waals surface area contributed by atoms with Crippen LogP contribution in [0.2, 0.25) is 0 Å². The molecular formula is C20H24N4O4S2. The van der Waals surface area contributed by atoms with E-state index in [1.165, 1.54) is 38.0 Å². The van der Waals surface area contributed by atoms with Gasteiger partial charge in [0.1, 0.15) is 5.75 Å². The van der Waals surface area contributed by atoms with Gasteiger partial charge in [0.05, 0.1) is 28.3 Å². The van der Waals surface area contributed by atoms with Gasteiger partial charge in [-0.15, -0.1) is 0 Å². The van der Waals surface area contributed by atoms with E-state index in [9.17, 15) is 13.2 Å². The fraction of sp³-hybridized carbons (Fsp3) is 0.300. The molecule has 1 aromatic heterocycles. The van der Waals surface area contributed by atoms with Crippen LogP contribution in [0.25, 0.3) is 11.0 Å². The summed E-state index contributed by atoms with van der Waals surface area (Å²) < 4.78 is 31.1. The number of fused-ring (bicyclic) bond motifs is 1. The first-order valence-corrected chi connectivity index (χ1v) is 11.5. The number of amides is 1. The number of aromatic amines is 1. The number of nitrogens with zero attached hydrogens (tertiary/aromatic N) is 2. The lowest BCUT2D eigenvalue weighted by Crippen LogP contribution is -2.24. The Bertz CT molecular complexity index is 1190. The van der Waals surface area contributed by atoms with Gasteiger partial charge >= 0.3 is 0 Å². The minimum absolute atomic E-state index is 0.125. The van der Waals surface area contributed by atoms with Crippen molar-refractivity contribution in [3.8, 4) is 5.75 Å². The van der Waals surface area contributed by atoms with Gasteiger partial charge in [0.15, 0.2) is 5.16 Å². The smallest absolute Gasteiger partial charge is 0.242 e. The number of carbonyl (C=O) groups is 1. The predicted octanol–water partition coefficient (Wildman–Crippen LogP) is 3.25. The van der Waals surface area contributed by atoms with Crippen molar-refractivity contribution >= 4 is 44.4 Å². The van der Waals surface area contributed by atoms with Crippen LogP contribution in [0.3, 0.4) is 0 Å². The minimum atomic E-state index is -3.59. The van der Waals surface area contributed by atoms with Crippen LogP contribution in [0.1, 0.15) is 12.5 Å². The maximum absolute atomic E-state index is 12.7. The van der Waals surface area contributed by atoms with Crippen molar-refractivity contribution in [2.24, 2.45) is 0 Å². The van der Waals surface area contributed by atoms with E-state index >= 15 is 0 Å². The summed E-state index contributed by atoms with van der Waals surface area (Å²) in [5, 5.41) is 2.98. The molecule has 2 aromatic carbocycles. The Morgan fingerprint density at radius 1 is 1.23 bits per heavy atom. The van der Waals surface area contributed by atoms with Gasteiger partial charge in [0.25, 0.3) is 0 Å². The largest absolute Gasteiger partial charge is 0.497 e. The van der Waals surface area contributed by atoms with Crippen molar-refractivity contribution in [2.45, 2.75) is 29.1 Å².